The summed E-state index contributed by atoms with van der Waals surface area (Å²) in [7, 11) is 0. The van der Waals surface area contributed by atoms with Gasteiger partial charge in [0.2, 0.25) is 0 Å². The number of piperidine rings is 1. The lowest BCUT2D eigenvalue weighted by atomic mass is 9.91. The first-order valence-electron chi connectivity index (χ1n) is 9.39. The first kappa shape index (κ1) is 17.9. The molecule has 0 radical (unpaired) electrons. The second-order valence-electron chi connectivity index (χ2n) is 7.68. The molecule has 2 saturated heterocycles. The highest BCUT2D eigenvalue weighted by atomic mass is 16.5. The van der Waals surface area contributed by atoms with Crippen LogP contribution in [0.5, 0.6) is 0 Å². The van der Waals surface area contributed by atoms with Gasteiger partial charge in [0.1, 0.15) is 5.60 Å². The molecule has 2 heterocycles. The van der Waals surface area contributed by atoms with E-state index in [4.69, 9.17) is 4.74 Å². The summed E-state index contributed by atoms with van der Waals surface area (Å²) in [4.78, 5) is 5.14. The zero-order chi connectivity index (χ0) is 17.0. The topological polar surface area (TPSA) is 35.9 Å². The molecule has 1 atom stereocenters. The molecule has 1 N–H and O–H groups in total. The number of hydrogen-bond acceptors (Lipinski definition) is 4. The Morgan fingerprint density at radius 3 is 2.50 bits per heavy atom. The van der Waals surface area contributed by atoms with E-state index in [0.717, 1.165) is 26.1 Å². The van der Waals surface area contributed by atoms with Crippen LogP contribution >= 0.6 is 0 Å². The van der Waals surface area contributed by atoms with Gasteiger partial charge >= 0.3 is 0 Å². The third-order valence-corrected chi connectivity index (χ3v) is 5.68. The van der Waals surface area contributed by atoms with Gasteiger partial charge in [-0.05, 0) is 45.3 Å². The van der Waals surface area contributed by atoms with Crippen LogP contribution in [0.15, 0.2) is 30.3 Å². The summed E-state index contributed by atoms with van der Waals surface area (Å²) in [6.45, 7) is 9.57. The molecule has 134 valence electrons. The maximum absolute atomic E-state index is 10.1. The van der Waals surface area contributed by atoms with Crippen molar-refractivity contribution >= 4 is 0 Å². The first-order chi connectivity index (χ1) is 11.6. The van der Waals surface area contributed by atoms with Crippen LogP contribution in [-0.4, -0.2) is 72.0 Å². The molecule has 2 fully saturated rings. The fraction of sp³-hybridized carbons (Fsp3) is 0.700. The van der Waals surface area contributed by atoms with Gasteiger partial charge in [0.25, 0.3) is 0 Å². The van der Waals surface area contributed by atoms with Crippen molar-refractivity contribution in [3.05, 3.63) is 35.9 Å². The summed E-state index contributed by atoms with van der Waals surface area (Å²) in [5, 5.41) is 10.1. The molecule has 1 aromatic rings. The minimum atomic E-state index is -0.450. The normalized spacial score (nSPS) is 27.7. The van der Waals surface area contributed by atoms with E-state index in [9.17, 15) is 5.11 Å². The Labute approximate surface area is 146 Å². The number of rotatable bonds is 5. The van der Waals surface area contributed by atoms with Crippen molar-refractivity contribution in [1.82, 2.24) is 9.80 Å². The number of nitrogens with zero attached hydrogens (tertiary/aromatic N) is 2. The predicted octanol–water partition coefficient (Wildman–Crippen LogP) is 2.17. The smallest absolute Gasteiger partial charge is 0.108 e. The quantitative estimate of drug-likeness (QED) is 0.896. The summed E-state index contributed by atoms with van der Waals surface area (Å²) in [6.07, 6.45) is 3.24. The van der Waals surface area contributed by atoms with Crippen LogP contribution in [-0.2, 0) is 11.2 Å². The maximum Gasteiger partial charge on any atom is 0.108 e. The molecule has 24 heavy (non-hydrogen) atoms. The van der Waals surface area contributed by atoms with Crippen molar-refractivity contribution in [2.75, 3.05) is 39.4 Å². The molecule has 0 aromatic heterocycles. The Balaban J connectivity index is 1.62. The molecule has 2 aliphatic heterocycles. The van der Waals surface area contributed by atoms with Gasteiger partial charge in [-0.3, -0.25) is 4.90 Å². The van der Waals surface area contributed by atoms with E-state index in [1.165, 1.54) is 31.5 Å². The second-order valence-corrected chi connectivity index (χ2v) is 7.68. The van der Waals surface area contributed by atoms with Crippen molar-refractivity contribution in [3.8, 4) is 0 Å². The molecule has 2 aliphatic rings. The Kier molecular flexibility index (Phi) is 5.93. The Morgan fingerprint density at radius 1 is 1.17 bits per heavy atom. The van der Waals surface area contributed by atoms with Crippen LogP contribution in [0.4, 0.5) is 0 Å². The van der Waals surface area contributed by atoms with E-state index in [2.05, 4.69) is 47.9 Å². The average Bonchev–Trinajstić information content (AvgIpc) is 2.63. The molecule has 0 amide bonds. The lowest BCUT2D eigenvalue weighted by Crippen LogP contribution is -2.59. The Hall–Kier alpha value is -0.940. The van der Waals surface area contributed by atoms with Crippen molar-refractivity contribution in [2.24, 2.45) is 0 Å². The van der Waals surface area contributed by atoms with Gasteiger partial charge in [-0.15, -0.1) is 0 Å². The minimum Gasteiger partial charge on any atom is -0.393 e. The summed E-state index contributed by atoms with van der Waals surface area (Å²) in [5.41, 5.74) is 0.789. The van der Waals surface area contributed by atoms with Gasteiger partial charge in [-0.2, -0.15) is 0 Å². The zero-order valence-corrected chi connectivity index (χ0v) is 15.2. The SMILES string of the molecule is CC(C)N1CCC(N2CCOC(CO)(Cc3ccccc3)C2)CC1. The van der Waals surface area contributed by atoms with Gasteiger partial charge in [-0.25, -0.2) is 0 Å². The van der Waals surface area contributed by atoms with Gasteiger partial charge in [-0.1, -0.05) is 30.3 Å². The van der Waals surface area contributed by atoms with Crippen molar-refractivity contribution in [3.63, 3.8) is 0 Å². The second kappa shape index (κ2) is 7.96. The van der Waals surface area contributed by atoms with Gasteiger partial charge in [0.15, 0.2) is 0 Å². The molecule has 0 saturated carbocycles. The minimum absolute atomic E-state index is 0.0865. The van der Waals surface area contributed by atoms with Crippen LogP contribution in [0, 0.1) is 0 Å². The number of aliphatic hydroxyl groups is 1. The fourth-order valence-electron chi connectivity index (χ4n) is 4.18. The lowest BCUT2D eigenvalue weighted by molar-refractivity contribution is -0.143. The van der Waals surface area contributed by atoms with Gasteiger partial charge < -0.3 is 14.7 Å². The van der Waals surface area contributed by atoms with Crippen molar-refractivity contribution < 1.29 is 9.84 Å². The molecular weight excluding hydrogens is 300 g/mol. The van der Waals surface area contributed by atoms with E-state index >= 15 is 0 Å². The van der Waals surface area contributed by atoms with Crippen LogP contribution in [0.25, 0.3) is 0 Å². The third-order valence-electron chi connectivity index (χ3n) is 5.68. The first-order valence-corrected chi connectivity index (χ1v) is 9.39. The molecule has 1 unspecified atom stereocenters. The van der Waals surface area contributed by atoms with Crippen LogP contribution < -0.4 is 0 Å². The molecule has 0 bridgehead atoms. The fourth-order valence-corrected chi connectivity index (χ4v) is 4.18. The number of hydrogen-bond donors (Lipinski definition) is 1. The van der Waals surface area contributed by atoms with Crippen molar-refractivity contribution in [2.45, 2.75) is 50.8 Å². The molecule has 4 heteroatoms. The number of morpholine rings is 1. The highest BCUT2D eigenvalue weighted by Gasteiger charge is 2.39. The van der Waals surface area contributed by atoms with Gasteiger partial charge in [0.05, 0.1) is 13.2 Å². The van der Waals surface area contributed by atoms with E-state index in [1.54, 1.807) is 0 Å². The van der Waals surface area contributed by atoms with E-state index < -0.39 is 5.60 Å². The van der Waals surface area contributed by atoms with Crippen LogP contribution in [0.1, 0.15) is 32.3 Å². The Morgan fingerprint density at radius 2 is 1.88 bits per heavy atom. The summed E-state index contributed by atoms with van der Waals surface area (Å²) in [5.74, 6) is 0. The molecule has 4 nitrogen and oxygen atoms in total. The predicted molar refractivity (Wildman–Crippen MR) is 97.2 cm³/mol. The molecule has 0 aliphatic carbocycles. The van der Waals surface area contributed by atoms with Gasteiger partial charge in [0, 0.05) is 31.6 Å². The van der Waals surface area contributed by atoms with E-state index in [-0.39, 0.29) is 6.61 Å². The molecule has 1 aromatic carbocycles. The zero-order valence-electron chi connectivity index (χ0n) is 15.2. The third kappa shape index (κ3) is 4.17. The van der Waals surface area contributed by atoms with Crippen molar-refractivity contribution in [1.29, 1.82) is 0 Å². The average molecular weight is 332 g/mol. The monoisotopic (exact) mass is 332 g/mol. The number of ether oxygens (including phenoxy) is 1. The highest BCUT2D eigenvalue weighted by Crippen LogP contribution is 2.27. The summed E-state index contributed by atoms with van der Waals surface area (Å²) >= 11 is 0. The molecule has 3 rings (SSSR count). The van der Waals surface area contributed by atoms with E-state index in [0.29, 0.717) is 12.1 Å². The van der Waals surface area contributed by atoms with E-state index in [1.807, 2.05) is 6.07 Å². The highest BCUT2D eigenvalue weighted by molar-refractivity contribution is 5.18. The molecular formula is C20H32N2O2. The number of benzene rings is 1. The van der Waals surface area contributed by atoms with Crippen LogP contribution in [0.3, 0.4) is 0 Å². The Bertz CT molecular complexity index is 500. The summed E-state index contributed by atoms with van der Waals surface area (Å²) < 4.78 is 6.10. The molecule has 0 spiro atoms. The standard InChI is InChI=1S/C20H32N2O2/c1-17(2)21-10-8-19(9-11-21)22-12-13-24-20(15-22,16-23)14-18-6-4-3-5-7-18/h3-7,17,19,23H,8-16H2,1-2H3. The van der Waals surface area contributed by atoms with Crippen LogP contribution in [0.2, 0.25) is 0 Å². The summed E-state index contributed by atoms with van der Waals surface area (Å²) in [6, 6.07) is 11.7. The largest absolute Gasteiger partial charge is 0.393 e. The lowest BCUT2D eigenvalue weighted by Gasteiger charge is -2.47. The maximum atomic E-state index is 10.1. The number of aliphatic hydroxyl groups excluding tert-OH is 1. The number of likely N-dealkylation sites (tertiary alicyclic amines) is 1.